The minimum Gasteiger partial charge on any atom is -0.381 e. The molecule has 0 aromatic rings. The lowest BCUT2D eigenvalue weighted by Crippen LogP contribution is -2.32. The summed E-state index contributed by atoms with van der Waals surface area (Å²) in [6.45, 7) is 3.96. The van der Waals surface area contributed by atoms with Crippen LogP contribution in [0, 0.1) is 5.92 Å². The molecule has 1 fully saturated rings. The van der Waals surface area contributed by atoms with E-state index in [2.05, 4.69) is 6.92 Å². The van der Waals surface area contributed by atoms with Crippen LogP contribution in [-0.2, 0) is 4.74 Å². The van der Waals surface area contributed by atoms with Crippen molar-refractivity contribution in [2.24, 2.45) is 11.7 Å². The summed E-state index contributed by atoms with van der Waals surface area (Å²) in [6, 6.07) is 0.381. The van der Waals surface area contributed by atoms with E-state index < -0.39 is 0 Å². The van der Waals surface area contributed by atoms with Gasteiger partial charge >= 0.3 is 0 Å². The highest BCUT2D eigenvalue weighted by Crippen LogP contribution is 2.26. The van der Waals surface area contributed by atoms with Gasteiger partial charge in [-0.05, 0) is 31.6 Å². The molecular weight excluding hydrogens is 186 g/mol. The highest BCUT2D eigenvalue weighted by molar-refractivity contribution is 4.76. The van der Waals surface area contributed by atoms with Crippen LogP contribution in [0.3, 0.4) is 0 Å². The lowest BCUT2D eigenvalue weighted by Gasteiger charge is -2.27. The first-order chi connectivity index (χ1) is 7.34. The molecule has 2 nitrogen and oxygen atoms in total. The molecule has 1 aliphatic rings. The van der Waals surface area contributed by atoms with Crippen LogP contribution >= 0.6 is 0 Å². The van der Waals surface area contributed by atoms with Crippen LogP contribution in [0.4, 0.5) is 0 Å². The number of nitrogens with two attached hydrogens (primary N) is 1. The lowest BCUT2D eigenvalue weighted by molar-refractivity contribution is 0.116. The Labute approximate surface area is 94.6 Å². The SMILES string of the molecule is CCCCOCCC(N)C1CCCCC1. The fourth-order valence-electron chi connectivity index (χ4n) is 2.37. The van der Waals surface area contributed by atoms with Crippen molar-refractivity contribution in [1.82, 2.24) is 0 Å². The minimum atomic E-state index is 0.381. The quantitative estimate of drug-likeness (QED) is 0.660. The van der Waals surface area contributed by atoms with E-state index in [0.717, 1.165) is 25.6 Å². The molecule has 90 valence electrons. The Hall–Kier alpha value is -0.0800. The van der Waals surface area contributed by atoms with Crippen LogP contribution in [0.15, 0.2) is 0 Å². The first kappa shape index (κ1) is 13.0. The number of rotatable bonds is 7. The van der Waals surface area contributed by atoms with E-state index in [0.29, 0.717) is 6.04 Å². The topological polar surface area (TPSA) is 35.2 Å². The van der Waals surface area contributed by atoms with Crippen LogP contribution in [0.25, 0.3) is 0 Å². The van der Waals surface area contributed by atoms with Crippen LogP contribution in [0.1, 0.15) is 58.3 Å². The number of hydrogen-bond acceptors (Lipinski definition) is 2. The number of unbranched alkanes of at least 4 members (excludes halogenated alkanes) is 1. The molecule has 0 heterocycles. The van der Waals surface area contributed by atoms with E-state index in [1.54, 1.807) is 0 Å². The van der Waals surface area contributed by atoms with Crippen molar-refractivity contribution in [3.8, 4) is 0 Å². The van der Waals surface area contributed by atoms with Gasteiger partial charge in [0.25, 0.3) is 0 Å². The smallest absolute Gasteiger partial charge is 0.0480 e. The molecule has 0 aromatic heterocycles. The molecule has 0 bridgehead atoms. The van der Waals surface area contributed by atoms with Gasteiger partial charge < -0.3 is 10.5 Å². The van der Waals surface area contributed by atoms with Crippen molar-refractivity contribution >= 4 is 0 Å². The standard InChI is InChI=1S/C13H27NO/c1-2-3-10-15-11-9-13(14)12-7-5-4-6-8-12/h12-13H,2-11,14H2,1H3. The van der Waals surface area contributed by atoms with Gasteiger partial charge in [-0.15, -0.1) is 0 Å². The normalized spacial score (nSPS) is 20.4. The average molecular weight is 213 g/mol. The molecule has 15 heavy (non-hydrogen) atoms. The van der Waals surface area contributed by atoms with Crippen molar-refractivity contribution in [3.63, 3.8) is 0 Å². The summed E-state index contributed by atoms with van der Waals surface area (Å²) < 4.78 is 5.56. The third-order valence-electron chi connectivity index (χ3n) is 3.49. The fourth-order valence-corrected chi connectivity index (χ4v) is 2.37. The molecule has 0 radical (unpaired) electrons. The van der Waals surface area contributed by atoms with Gasteiger partial charge in [0.05, 0.1) is 0 Å². The summed E-state index contributed by atoms with van der Waals surface area (Å²) in [7, 11) is 0. The Bertz CT molecular complexity index is 143. The molecule has 0 aromatic carbocycles. The number of ether oxygens (including phenoxy) is 1. The summed E-state index contributed by atoms with van der Waals surface area (Å²) in [4.78, 5) is 0. The molecule has 0 amide bonds. The van der Waals surface area contributed by atoms with Gasteiger partial charge in [0, 0.05) is 19.3 Å². The molecule has 2 N–H and O–H groups in total. The zero-order valence-corrected chi connectivity index (χ0v) is 10.2. The second-order valence-corrected chi connectivity index (χ2v) is 4.82. The Morgan fingerprint density at radius 1 is 1.20 bits per heavy atom. The minimum absolute atomic E-state index is 0.381. The maximum absolute atomic E-state index is 6.18. The molecule has 1 atom stereocenters. The Kier molecular flexibility index (Phi) is 7.03. The van der Waals surface area contributed by atoms with Crippen molar-refractivity contribution in [2.45, 2.75) is 64.3 Å². The summed E-state index contributed by atoms with van der Waals surface area (Å²) in [5.41, 5.74) is 6.18. The summed E-state index contributed by atoms with van der Waals surface area (Å²) in [5.74, 6) is 0.772. The lowest BCUT2D eigenvalue weighted by atomic mass is 9.83. The van der Waals surface area contributed by atoms with E-state index >= 15 is 0 Å². The predicted octanol–water partition coefficient (Wildman–Crippen LogP) is 3.10. The van der Waals surface area contributed by atoms with Crippen LogP contribution < -0.4 is 5.73 Å². The first-order valence-corrected chi connectivity index (χ1v) is 6.68. The van der Waals surface area contributed by atoms with Crippen LogP contribution in [0.2, 0.25) is 0 Å². The largest absolute Gasteiger partial charge is 0.381 e. The highest BCUT2D eigenvalue weighted by Gasteiger charge is 2.19. The molecule has 0 spiro atoms. The van der Waals surface area contributed by atoms with Gasteiger partial charge in [-0.1, -0.05) is 32.6 Å². The second-order valence-electron chi connectivity index (χ2n) is 4.82. The average Bonchev–Trinajstić information content (AvgIpc) is 2.30. The molecule has 1 saturated carbocycles. The van der Waals surface area contributed by atoms with E-state index in [-0.39, 0.29) is 0 Å². The molecule has 1 aliphatic carbocycles. The van der Waals surface area contributed by atoms with Gasteiger partial charge in [0.2, 0.25) is 0 Å². The summed E-state index contributed by atoms with van der Waals surface area (Å²) in [6.07, 6.45) is 10.3. The maximum Gasteiger partial charge on any atom is 0.0480 e. The van der Waals surface area contributed by atoms with E-state index in [1.807, 2.05) is 0 Å². The Morgan fingerprint density at radius 3 is 2.60 bits per heavy atom. The Balaban J connectivity index is 1.99. The zero-order valence-electron chi connectivity index (χ0n) is 10.2. The van der Waals surface area contributed by atoms with Crippen LogP contribution in [0.5, 0.6) is 0 Å². The van der Waals surface area contributed by atoms with Gasteiger partial charge in [0.15, 0.2) is 0 Å². The van der Waals surface area contributed by atoms with Gasteiger partial charge in [0.1, 0.15) is 0 Å². The van der Waals surface area contributed by atoms with Crippen LogP contribution in [-0.4, -0.2) is 19.3 Å². The van der Waals surface area contributed by atoms with Crippen molar-refractivity contribution < 1.29 is 4.74 Å². The number of hydrogen-bond donors (Lipinski definition) is 1. The predicted molar refractivity (Wildman–Crippen MR) is 64.9 cm³/mol. The molecule has 1 unspecified atom stereocenters. The third-order valence-corrected chi connectivity index (χ3v) is 3.49. The second kappa shape index (κ2) is 8.12. The fraction of sp³-hybridized carbons (Fsp3) is 1.00. The zero-order chi connectivity index (χ0) is 10.9. The molecule has 0 saturated heterocycles. The van der Waals surface area contributed by atoms with Gasteiger partial charge in [-0.2, -0.15) is 0 Å². The van der Waals surface area contributed by atoms with E-state index in [9.17, 15) is 0 Å². The Morgan fingerprint density at radius 2 is 1.93 bits per heavy atom. The van der Waals surface area contributed by atoms with Gasteiger partial charge in [-0.25, -0.2) is 0 Å². The maximum atomic E-state index is 6.18. The molecule has 1 rings (SSSR count). The van der Waals surface area contributed by atoms with Crippen molar-refractivity contribution in [3.05, 3.63) is 0 Å². The van der Waals surface area contributed by atoms with Crippen molar-refractivity contribution in [2.75, 3.05) is 13.2 Å². The first-order valence-electron chi connectivity index (χ1n) is 6.68. The highest BCUT2D eigenvalue weighted by atomic mass is 16.5. The van der Waals surface area contributed by atoms with E-state index in [4.69, 9.17) is 10.5 Å². The monoisotopic (exact) mass is 213 g/mol. The third kappa shape index (κ3) is 5.53. The summed E-state index contributed by atoms with van der Waals surface area (Å²) >= 11 is 0. The van der Waals surface area contributed by atoms with Gasteiger partial charge in [-0.3, -0.25) is 0 Å². The summed E-state index contributed by atoms with van der Waals surface area (Å²) in [5, 5.41) is 0. The molecule has 2 heteroatoms. The molecular formula is C13H27NO. The molecule has 0 aliphatic heterocycles. The van der Waals surface area contributed by atoms with E-state index in [1.165, 1.54) is 44.9 Å². The van der Waals surface area contributed by atoms with Crippen molar-refractivity contribution in [1.29, 1.82) is 0 Å².